The number of amides is 1. The summed E-state index contributed by atoms with van der Waals surface area (Å²) < 4.78 is 13.0. The molecule has 1 aliphatic rings. The molecule has 3 heterocycles. The van der Waals surface area contributed by atoms with Gasteiger partial charge in [0, 0.05) is 7.05 Å². The number of nitrogens with one attached hydrogen (secondary N) is 2. The summed E-state index contributed by atoms with van der Waals surface area (Å²) in [4.78, 5) is 33.6. The van der Waals surface area contributed by atoms with E-state index in [4.69, 9.17) is 0 Å². The molecule has 1 fully saturated rings. The molecule has 1 aliphatic carbocycles. The monoisotopic (exact) mass is 341 g/mol. The summed E-state index contributed by atoms with van der Waals surface area (Å²) in [5, 5.41) is 3.01. The molecule has 3 aromatic rings. The Morgan fingerprint density at radius 3 is 2.88 bits per heavy atom. The zero-order valence-corrected chi connectivity index (χ0v) is 13.5. The number of nitrogens with zero attached hydrogens (tertiary/aromatic N) is 5. The first kappa shape index (κ1) is 15.4. The Hall–Kier alpha value is -3.10. The number of rotatable bonds is 5. The number of imidazole rings is 1. The van der Waals surface area contributed by atoms with E-state index in [1.165, 1.54) is 24.9 Å². The van der Waals surface area contributed by atoms with Crippen molar-refractivity contribution in [1.29, 1.82) is 0 Å². The number of likely N-dealkylation sites (N-methyl/N-ethyl adjacent to an activating group) is 1. The van der Waals surface area contributed by atoms with Crippen molar-refractivity contribution in [3.05, 3.63) is 42.5 Å². The SMILES string of the molecule is CN(CC(=O)NC1(c2ccc(F)cn2)CC1)c1ncnc2nc[nH]c12. The molecule has 0 bridgehead atoms. The number of aromatic amines is 1. The molecule has 9 heteroatoms. The minimum absolute atomic E-state index is 0.119. The van der Waals surface area contributed by atoms with Crippen LogP contribution in [-0.4, -0.2) is 44.4 Å². The van der Waals surface area contributed by atoms with Crippen LogP contribution in [0.5, 0.6) is 0 Å². The van der Waals surface area contributed by atoms with E-state index in [9.17, 15) is 9.18 Å². The van der Waals surface area contributed by atoms with Crippen LogP contribution in [-0.2, 0) is 10.3 Å². The summed E-state index contributed by atoms with van der Waals surface area (Å²) in [7, 11) is 1.78. The molecule has 1 amide bonds. The van der Waals surface area contributed by atoms with E-state index in [0.29, 0.717) is 22.7 Å². The van der Waals surface area contributed by atoms with Gasteiger partial charge < -0.3 is 15.2 Å². The number of fused-ring (bicyclic) bond motifs is 1. The zero-order chi connectivity index (χ0) is 17.4. The van der Waals surface area contributed by atoms with Crippen molar-refractivity contribution in [2.45, 2.75) is 18.4 Å². The number of hydrogen-bond acceptors (Lipinski definition) is 6. The molecule has 25 heavy (non-hydrogen) atoms. The third-order valence-electron chi connectivity index (χ3n) is 4.29. The normalized spacial score (nSPS) is 15.1. The van der Waals surface area contributed by atoms with E-state index in [-0.39, 0.29) is 12.5 Å². The Morgan fingerprint density at radius 2 is 2.16 bits per heavy atom. The molecule has 128 valence electrons. The fraction of sp³-hybridized carbons (Fsp3) is 0.312. The summed E-state index contributed by atoms with van der Waals surface area (Å²) in [5.74, 6) is 0.0535. The van der Waals surface area contributed by atoms with Crippen molar-refractivity contribution in [3.63, 3.8) is 0 Å². The molecule has 0 aromatic carbocycles. The highest BCUT2D eigenvalue weighted by molar-refractivity contribution is 5.87. The number of carbonyl (C=O) groups is 1. The summed E-state index contributed by atoms with van der Waals surface area (Å²) in [6.07, 6.45) is 5.70. The van der Waals surface area contributed by atoms with Crippen LogP contribution in [0.25, 0.3) is 11.2 Å². The van der Waals surface area contributed by atoms with Gasteiger partial charge in [0.15, 0.2) is 11.5 Å². The van der Waals surface area contributed by atoms with Crippen LogP contribution >= 0.6 is 0 Å². The molecule has 0 saturated heterocycles. The van der Waals surface area contributed by atoms with Crippen LogP contribution in [0.4, 0.5) is 10.2 Å². The Bertz CT molecular complexity index is 920. The predicted octanol–water partition coefficient (Wildman–Crippen LogP) is 1.13. The maximum atomic E-state index is 13.0. The fourth-order valence-corrected chi connectivity index (χ4v) is 2.87. The Kier molecular flexibility index (Phi) is 3.56. The minimum atomic E-state index is -0.486. The average molecular weight is 341 g/mol. The molecule has 0 unspecified atom stereocenters. The average Bonchev–Trinajstić information content (AvgIpc) is 3.20. The van der Waals surface area contributed by atoms with E-state index in [1.54, 1.807) is 18.0 Å². The largest absolute Gasteiger partial charge is 0.348 e. The second kappa shape index (κ2) is 5.76. The molecule has 3 aromatic heterocycles. The minimum Gasteiger partial charge on any atom is -0.348 e. The number of carbonyl (C=O) groups excluding carboxylic acids is 1. The highest BCUT2D eigenvalue weighted by Crippen LogP contribution is 2.44. The van der Waals surface area contributed by atoms with E-state index in [0.717, 1.165) is 12.8 Å². The lowest BCUT2D eigenvalue weighted by Gasteiger charge is -2.21. The summed E-state index contributed by atoms with van der Waals surface area (Å²) in [6.45, 7) is 0.119. The fourth-order valence-electron chi connectivity index (χ4n) is 2.87. The van der Waals surface area contributed by atoms with Gasteiger partial charge in [-0.25, -0.2) is 19.3 Å². The topological polar surface area (TPSA) is 99.7 Å². The van der Waals surface area contributed by atoms with Gasteiger partial charge >= 0.3 is 0 Å². The van der Waals surface area contributed by atoms with Gasteiger partial charge in [-0.05, 0) is 25.0 Å². The van der Waals surface area contributed by atoms with E-state index < -0.39 is 11.4 Å². The number of halogens is 1. The molecular formula is C16H16FN7O. The first-order chi connectivity index (χ1) is 12.1. The first-order valence-electron chi connectivity index (χ1n) is 7.86. The van der Waals surface area contributed by atoms with Gasteiger partial charge in [-0.3, -0.25) is 9.78 Å². The third-order valence-corrected chi connectivity index (χ3v) is 4.29. The van der Waals surface area contributed by atoms with Gasteiger partial charge in [0.25, 0.3) is 0 Å². The molecule has 0 atom stereocenters. The number of aromatic nitrogens is 5. The third kappa shape index (κ3) is 2.88. The summed E-state index contributed by atoms with van der Waals surface area (Å²) in [6, 6.07) is 2.97. The van der Waals surface area contributed by atoms with E-state index >= 15 is 0 Å². The van der Waals surface area contributed by atoms with E-state index in [1.807, 2.05) is 0 Å². The van der Waals surface area contributed by atoms with E-state index in [2.05, 4.69) is 30.2 Å². The van der Waals surface area contributed by atoms with Gasteiger partial charge in [-0.2, -0.15) is 0 Å². The van der Waals surface area contributed by atoms with Crippen LogP contribution in [0.3, 0.4) is 0 Å². The smallest absolute Gasteiger partial charge is 0.240 e. The summed E-state index contributed by atoms with van der Waals surface area (Å²) >= 11 is 0. The maximum Gasteiger partial charge on any atom is 0.240 e. The Balaban J connectivity index is 1.47. The van der Waals surface area contributed by atoms with Crippen LogP contribution in [0.2, 0.25) is 0 Å². The van der Waals surface area contributed by atoms with Gasteiger partial charge in [-0.1, -0.05) is 0 Å². The van der Waals surface area contributed by atoms with Crippen molar-refractivity contribution in [3.8, 4) is 0 Å². The molecular weight excluding hydrogens is 325 g/mol. The molecule has 0 spiro atoms. The lowest BCUT2D eigenvalue weighted by molar-refractivity contribution is -0.120. The molecule has 0 aliphatic heterocycles. The molecule has 1 saturated carbocycles. The molecule has 2 N–H and O–H groups in total. The first-order valence-corrected chi connectivity index (χ1v) is 7.86. The molecule has 8 nitrogen and oxygen atoms in total. The standard InChI is InChI=1S/C16H16FN7O/c1-24(15-13-14(20-8-19-13)21-9-22-15)7-12(25)23-16(4-5-16)11-3-2-10(17)6-18-11/h2-3,6,8-9H,4-5,7H2,1H3,(H,23,25)(H,19,20,21,22). The second-order valence-electron chi connectivity index (χ2n) is 6.15. The summed E-state index contributed by atoms with van der Waals surface area (Å²) in [5.41, 5.74) is 1.43. The van der Waals surface area contributed by atoms with Crippen LogP contribution < -0.4 is 10.2 Å². The zero-order valence-electron chi connectivity index (χ0n) is 13.5. The van der Waals surface area contributed by atoms with Crippen molar-refractivity contribution in [2.75, 3.05) is 18.5 Å². The van der Waals surface area contributed by atoms with Crippen LogP contribution in [0, 0.1) is 5.82 Å². The maximum absolute atomic E-state index is 13.0. The Labute approximate surface area is 142 Å². The Morgan fingerprint density at radius 1 is 1.32 bits per heavy atom. The predicted molar refractivity (Wildman–Crippen MR) is 88.2 cm³/mol. The molecule has 4 rings (SSSR count). The number of hydrogen-bond donors (Lipinski definition) is 2. The van der Waals surface area contributed by atoms with Crippen molar-refractivity contribution < 1.29 is 9.18 Å². The number of pyridine rings is 1. The lowest BCUT2D eigenvalue weighted by Crippen LogP contribution is -2.41. The van der Waals surface area contributed by atoms with Crippen molar-refractivity contribution in [2.24, 2.45) is 0 Å². The quantitative estimate of drug-likeness (QED) is 0.722. The number of anilines is 1. The number of H-pyrrole nitrogens is 1. The highest BCUT2D eigenvalue weighted by Gasteiger charge is 2.47. The van der Waals surface area contributed by atoms with Gasteiger partial charge in [0.05, 0.1) is 30.3 Å². The molecule has 0 radical (unpaired) electrons. The van der Waals surface area contributed by atoms with Crippen molar-refractivity contribution in [1.82, 2.24) is 30.2 Å². The van der Waals surface area contributed by atoms with Gasteiger partial charge in [0.2, 0.25) is 5.91 Å². The van der Waals surface area contributed by atoms with Crippen LogP contribution in [0.15, 0.2) is 31.0 Å². The highest BCUT2D eigenvalue weighted by atomic mass is 19.1. The van der Waals surface area contributed by atoms with Crippen LogP contribution in [0.1, 0.15) is 18.5 Å². The second-order valence-corrected chi connectivity index (χ2v) is 6.15. The lowest BCUT2D eigenvalue weighted by atomic mass is 10.1. The van der Waals surface area contributed by atoms with Gasteiger partial charge in [0.1, 0.15) is 17.7 Å². The van der Waals surface area contributed by atoms with Crippen molar-refractivity contribution >= 4 is 22.9 Å². The van der Waals surface area contributed by atoms with Gasteiger partial charge in [-0.15, -0.1) is 0 Å².